The zero-order valence-corrected chi connectivity index (χ0v) is 22.9. The van der Waals surface area contributed by atoms with Gasteiger partial charge in [0.05, 0.1) is 22.3 Å². The minimum atomic E-state index is -0.128. The molecule has 0 heterocycles. The number of rotatable bonds is 6. The molecule has 0 aliphatic heterocycles. The fourth-order valence-electron chi connectivity index (χ4n) is 5.65. The van der Waals surface area contributed by atoms with Crippen LogP contribution < -0.4 is 9.47 Å². The summed E-state index contributed by atoms with van der Waals surface area (Å²) in [5.74, 6) is 2.44. The van der Waals surface area contributed by atoms with Gasteiger partial charge in [0.25, 0.3) is 0 Å². The summed E-state index contributed by atoms with van der Waals surface area (Å²) in [5, 5.41) is 37.1. The van der Waals surface area contributed by atoms with Gasteiger partial charge in [0.15, 0.2) is 0 Å². The summed E-state index contributed by atoms with van der Waals surface area (Å²) < 4.78 is 12.2. The SMILES string of the molecule is Cc1cc(C2(c3ccc(Oc4ccc(C#N)c(C#N)c4)c(C)c3)CCCC2)ccc1Oc1ccc(C#N)c(C#N)c1. The molecule has 1 aliphatic carbocycles. The summed E-state index contributed by atoms with van der Waals surface area (Å²) in [4.78, 5) is 0. The van der Waals surface area contributed by atoms with Gasteiger partial charge in [-0.3, -0.25) is 0 Å². The molecule has 1 saturated carbocycles. The first-order valence-corrected chi connectivity index (χ1v) is 13.4. The van der Waals surface area contributed by atoms with Gasteiger partial charge in [-0.2, -0.15) is 21.0 Å². The quantitative estimate of drug-likeness (QED) is 0.246. The van der Waals surface area contributed by atoms with Gasteiger partial charge < -0.3 is 9.47 Å². The van der Waals surface area contributed by atoms with Crippen LogP contribution in [0, 0.1) is 59.2 Å². The Bertz CT molecular complexity index is 1690. The van der Waals surface area contributed by atoms with E-state index < -0.39 is 0 Å². The largest absolute Gasteiger partial charge is 0.457 e. The summed E-state index contributed by atoms with van der Waals surface area (Å²) in [7, 11) is 0. The number of ether oxygens (including phenoxy) is 2. The first kappa shape index (κ1) is 27.0. The molecule has 1 aliphatic rings. The molecule has 0 spiro atoms. The highest BCUT2D eigenvalue weighted by atomic mass is 16.5. The third-order valence-electron chi connectivity index (χ3n) is 7.83. The molecule has 6 heteroatoms. The minimum Gasteiger partial charge on any atom is -0.457 e. The Balaban J connectivity index is 1.43. The van der Waals surface area contributed by atoms with Crippen LogP contribution in [-0.2, 0) is 5.41 Å². The molecule has 0 N–H and O–H groups in total. The fraction of sp³-hybridized carbons (Fsp3) is 0.200. The molecule has 5 rings (SSSR count). The molecule has 0 atom stereocenters. The first-order chi connectivity index (χ1) is 19.9. The molecule has 6 nitrogen and oxygen atoms in total. The lowest BCUT2D eigenvalue weighted by atomic mass is 9.72. The lowest BCUT2D eigenvalue weighted by molar-refractivity contribution is 0.474. The smallest absolute Gasteiger partial charge is 0.130 e. The highest BCUT2D eigenvalue weighted by Crippen LogP contribution is 2.48. The predicted octanol–water partition coefficient (Wildman–Crippen LogP) is 8.23. The van der Waals surface area contributed by atoms with Crippen molar-refractivity contribution in [2.24, 2.45) is 0 Å². The van der Waals surface area contributed by atoms with Crippen molar-refractivity contribution in [2.75, 3.05) is 0 Å². The van der Waals surface area contributed by atoms with Gasteiger partial charge >= 0.3 is 0 Å². The van der Waals surface area contributed by atoms with Gasteiger partial charge in [-0.05, 0) is 97.5 Å². The summed E-state index contributed by atoms with van der Waals surface area (Å²) in [6.45, 7) is 4.04. The summed E-state index contributed by atoms with van der Waals surface area (Å²) in [6, 6.07) is 30.6. The van der Waals surface area contributed by atoms with Crippen LogP contribution in [0.3, 0.4) is 0 Å². The van der Waals surface area contributed by atoms with Gasteiger partial charge in [0.1, 0.15) is 47.3 Å². The first-order valence-electron chi connectivity index (χ1n) is 13.4. The Labute approximate surface area is 239 Å². The summed E-state index contributed by atoms with van der Waals surface area (Å²) >= 11 is 0. The average Bonchev–Trinajstić information content (AvgIpc) is 3.50. The second kappa shape index (κ2) is 11.3. The summed E-state index contributed by atoms with van der Waals surface area (Å²) in [5.41, 5.74) is 5.54. The Morgan fingerprint density at radius 1 is 0.537 bits per heavy atom. The van der Waals surface area contributed by atoms with E-state index in [0.717, 1.165) is 36.8 Å². The molecule has 0 radical (unpaired) electrons. The predicted molar refractivity (Wildman–Crippen MR) is 153 cm³/mol. The van der Waals surface area contributed by atoms with Crippen molar-refractivity contribution in [2.45, 2.75) is 44.9 Å². The Morgan fingerprint density at radius 3 is 1.32 bits per heavy atom. The number of hydrogen-bond donors (Lipinski definition) is 0. The molecule has 1 fully saturated rings. The number of aryl methyl sites for hydroxylation is 2. The lowest BCUT2D eigenvalue weighted by Crippen LogP contribution is -2.24. The van der Waals surface area contributed by atoms with Crippen LogP contribution in [-0.4, -0.2) is 0 Å². The molecule has 198 valence electrons. The zero-order valence-electron chi connectivity index (χ0n) is 22.9. The Hall–Kier alpha value is -5.56. The molecule has 0 aromatic heterocycles. The molecule has 41 heavy (non-hydrogen) atoms. The number of nitriles is 4. The van der Waals surface area contributed by atoms with E-state index in [1.54, 1.807) is 36.4 Å². The molecule has 4 aromatic carbocycles. The molecule has 4 aromatic rings. The van der Waals surface area contributed by atoms with Crippen molar-refractivity contribution in [1.82, 2.24) is 0 Å². The normalized spacial score (nSPS) is 13.3. The highest BCUT2D eigenvalue weighted by molar-refractivity contribution is 5.54. The van der Waals surface area contributed by atoms with Crippen LogP contribution in [0.5, 0.6) is 23.0 Å². The second-order valence-corrected chi connectivity index (χ2v) is 10.3. The van der Waals surface area contributed by atoms with Crippen LogP contribution in [0.4, 0.5) is 0 Å². The molecular formula is C35H26N4O2. The topological polar surface area (TPSA) is 114 Å². The van der Waals surface area contributed by atoms with Crippen LogP contribution >= 0.6 is 0 Å². The zero-order chi connectivity index (χ0) is 29.0. The number of nitrogens with zero attached hydrogens (tertiary/aromatic N) is 4. The molecule has 0 bridgehead atoms. The minimum absolute atomic E-state index is 0.128. The van der Waals surface area contributed by atoms with Crippen LogP contribution in [0.15, 0.2) is 72.8 Å². The van der Waals surface area contributed by atoms with E-state index >= 15 is 0 Å². The van der Waals surface area contributed by atoms with Crippen molar-refractivity contribution < 1.29 is 9.47 Å². The molecular weight excluding hydrogens is 508 g/mol. The van der Waals surface area contributed by atoms with Crippen molar-refractivity contribution >= 4 is 0 Å². The van der Waals surface area contributed by atoms with Crippen molar-refractivity contribution in [1.29, 1.82) is 21.0 Å². The van der Waals surface area contributed by atoms with Gasteiger partial charge in [0, 0.05) is 5.41 Å². The van der Waals surface area contributed by atoms with E-state index in [-0.39, 0.29) is 16.5 Å². The van der Waals surface area contributed by atoms with E-state index in [1.165, 1.54) is 11.1 Å². The molecule has 0 amide bonds. The van der Waals surface area contributed by atoms with E-state index in [9.17, 15) is 21.0 Å². The van der Waals surface area contributed by atoms with Gasteiger partial charge in [-0.25, -0.2) is 0 Å². The third-order valence-corrected chi connectivity index (χ3v) is 7.83. The van der Waals surface area contributed by atoms with E-state index in [2.05, 4.69) is 36.4 Å². The fourth-order valence-corrected chi connectivity index (χ4v) is 5.65. The average molecular weight is 535 g/mol. The van der Waals surface area contributed by atoms with E-state index in [4.69, 9.17) is 9.47 Å². The molecule has 0 unspecified atom stereocenters. The lowest BCUT2D eigenvalue weighted by Gasteiger charge is -2.32. The molecule has 0 saturated heterocycles. The van der Waals surface area contributed by atoms with Crippen molar-refractivity contribution in [3.8, 4) is 47.3 Å². The number of benzene rings is 4. The second-order valence-electron chi connectivity index (χ2n) is 10.3. The van der Waals surface area contributed by atoms with Crippen LogP contribution in [0.2, 0.25) is 0 Å². The maximum Gasteiger partial charge on any atom is 0.130 e. The van der Waals surface area contributed by atoms with Crippen LogP contribution in [0.25, 0.3) is 0 Å². The van der Waals surface area contributed by atoms with Gasteiger partial charge in [0.2, 0.25) is 0 Å². The highest BCUT2D eigenvalue weighted by Gasteiger charge is 2.38. The summed E-state index contributed by atoms with van der Waals surface area (Å²) in [6.07, 6.45) is 4.35. The van der Waals surface area contributed by atoms with E-state index in [1.807, 2.05) is 38.1 Å². The monoisotopic (exact) mass is 534 g/mol. The Kier molecular flexibility index (Phi) is 7.43. The number of hydrogen-bond acceptors (Lipinski definition) is 6. The van der Waals surface area contributed by atoms with Gasteiger partial charge in [-0.15, -0.1) is 0 Å². The van der Waals surface area contributed by atoms with Crippen molar-refractivity contribution in [3.05, 3.63) is 117 Å². The van der Waals surface area contributed by atoms with Crippen molar-refractivity contribution in [3.63, 3.8) is 0 Å². The Morgan fingerprint density at radius 2 is 0.951 bits per heavy atom. The third kappa shape index (κ3) is 5.21. The van der Waals surface area contributed by atoms with E-state index in [0.29, 0.717) is 34.1 Å². The standard InChI is InChI=1S/C35H26N4O2/c1-23-15-29(7-11-33(23)40-31-9-5-25(19-36)27(17-31)21-38)35(13-3-4-14-35)30-8-12-34(24(2)16-30)41-32-10-6-26(20-37)28(18-32)22-39/h5-12,15-18H,3-4,13-14H2,1-2H3. The maximum atomic E-state index is 9.35. The van der Waals surface area contributed by atoms with Gasteiger partial charge in [-0.1, -0.05) is 37.1 Å². The van der Waals surface area contributed by atoms with Crippen LogP contribution in [0.1, 0.15) is 70.2 Å². The maximum absolute atomic E-state index is 9.35.